The zero-order valence-electron chi connectivity index (χ0n) is 16.3. The number of aryl methyl sites for hydroxylation is 2. The van der Waals surface area contributed by atoms with Gasteiger partial charge in [0.05, 0.1) is 15.9 Å². The minimum absolute atomic E-state index is 0.0152. The number of fused-ring (bicyclic) bond motifs is 1. The van der Waals surface area contributed by atoms with Gasteiger partial charge in [0.1, 0.15) is 11.9 Å². The van der Waals surface area contributed by atoms with Crippen LogP contribution in [-0.4, -0.2) is 40.6 Å². The molecule has 0 unspecified atom stereocenters. The van der Waals surface area contributed by atoms with Crippen molar-refractivity contribution in [3.05, 3.63) is 46.4 Å². The molecule has 1 saturated heterocycles. The van der Waals surface area contributed by atoms with Gasteiger partial charge in [-0.25, -0.2) is 4.98 Å². The molecule has 0 spiro atoms. The molecule has 0 radical (unpaired) electrons. The van der Waals surface area contributed by atoms with E-state index in [9.17, 15) is 9.59 Å². The molecule has 7 nitrogen and oxygen atoms in total. The number of carbonyl (C=O) groups is 2. The highest BCUT2D eigenvalue weighted by molar-refractivity contribution is 7.12. The average molecular weight is 413 g/mol. The second kappa shape index (κ2) is 8.75. The maximum absolute atomic E-state index is 12.2. The third-order valence-corrected chi connectivity index (χ3v) is 5.94. The van der Waals surface area contributed by atoms with Gasteiger partial charge in [0.15, 0.2) is 0 Å². The highest BCUT2D eigenvalue weighted by Crippen LogP contribution is 2.21. The van der Waals surface area contributed by atoms with Crippen LogP contribution in [-0.2, 0) is 23.0 Å². The van der Waals surface area contributed by atoms with E-state index in [0.29, 0.717) is 18.0 Å². The molecule has 0 aliphatic carbocycles. The molecule has 2 N–H and O–H groups in total. The Labute approximate surface area is 173 Å². The fourth-order valence-electron chi connectivity index (χ4n) is 3.51. The summed E-state index contributed by atoms with van der Waals surface area (Å²) in [7, 11) is 1.99. The zero-order chi connectivity index (χ0) is 20.2. The van der Waals surface area contributed by atoms with E-state index in [1.807, 2.05) is 36.7 Å². The smallest absolute Gasteiger partial charge is 0.265 e. The largest absolute Gasteiger partial charge is 0.368 e. The standard InChI is InChI=1S/C21H24N4O3S/c1-25-16-9-8-14(23-21(27)18-6-4-12-29-18)13-15(16)24-19(25)7-2-10-22-20(26)17-5-3-11-28-17/h4,6,8-9,12-13,17H,2-3,5,7,10-11H2,1H3,(H,22,26)(H,23,27)/t17-/m1/s1. The van der Waals surface area contributed by atoms with Gasteiger partial charge in [-0.2, -0.15) is 0 Å². The molecule has 1 aliphatic rings. The maximum atomic E-state index is 12.2. The van der Waals surface area contributed by atoms with Crippen molar-refractivity contribution in [1.29, 1.82) is 0 Å². The lowest BCUT2D eigenvalue weighted by molar-refractivity contribution is -0.130. The number of benzene rings is 1. The first-order chi connectivity index (χ1) is 14.1. The van der Waals surface area contributed by atoms with Crippen molar-refractivity contribution < 1.29 is 14.3 Å². The SMILES string of the molecule is Cn1c(CCCNC(=O)[C@H]2CCCO2)nc2cc(NC(=O)c3cccs3)ccc21. The number of carbonyl (C=O) groups excluding carboxylic acids is 2. The van der Waals surface area contributed by atoms with Crippen LogP contribution in [0.2, 0.25) is 0 Å². The molecular formula is C21H24N4O3S. The molecule has 1 aromatic carbocycles. The van der Waals surface area contributed by atoms with E-state index in [0.717, 1.165) is 48.2 Å². The van der Waals surface area contributed by atoms with E-state index in [-0.39, 0.29) is 17.9 Å². The van der Waals surface area contributed by atoms with Crippen LogP contribution in [0.5, 0.6) is 0 Å². The Morgan fingerprint density at radius 3 is 3.00 bits per heavy atom. The fraction of sp³-hybridized carbons (Fsp3) is 0.381. The quantitative estimate of drug-likeness (QED) is 0.584. The van der Waals surface area contributed by atoms with Crippen LogP contribution in [0.3, 0.4) is 0 Å². The van der Waals surface area contributed by atoms with Gasteiger partial charge in [-0.15, -0.1) is 11.3 Å². The number of nitrogens with zero attached hydrogens (tertiary/aromatic N) is 2. The summed E-state index contributed by atoms with van der Waals surface area (Å²) >= 11 is 1.41. The molecule has 1 fully saturated rings. The molecule has 4 rings (SSSR count). The van der Waals surface area contributed by atoms with Crippen LogP contribution in [0.25, 0.3) is 11.0 Å². The van der Waals surface area contributed by atoms with Crippen LogP contribution in [0, 0.1) is 0 Å². The van der Waals surface area contributed by atoms with Crippen LogP contribution in [0.1, 0.15) is 34.8 Å². The summed E-state index contributed by atoms with van der Waals surface area (Å²) in [6.45, 7) is 1.28. The van der Waals surface area contributed by atoms with Crippen molar-refractivity contribution in [1.82, 2.24) is 14.9 Å². The molecule has 3 aromatic rings. The Morgan fingerprint density at radius 2 is 2.24 bits per heavy atom. The average Bonchev–Trinajstić information content (AvgIpc) is 3.47. The summed E-state index contributed by atoms with van der Waals surface area (Å²) in [6, 6.07) is 9.41. The highest BCUT2D eigenvalue weighted by Gasteiger charge is 2.22. The first-order valence-electron chi connectivity index (χ1n) is 9.81. The van der Waals surface area contributed by atoms with E-state index < -0.39 is 0 Å². The number of amides is 2. The van der Waals surface area contributed by atoms with Crippen molar-refractivity contribution in [3.63, 3.8) is 0 Å². The van der Waals surface area contributed by atoms with Crippen molar-refractivity contribution in [2.45, 2.75) is 31.8 Å². The molecule has 0 bridgehead atoms. The van der Waals surface area contributed by atoms with Crippen molar-refractivity contribution in [2.24, 2.45) is 7.05 Å². The number of hydrogen-bond acceptors (Lipinski definition) is 5. The summed E-state index contributed by atoms with van der Waals surface area (Å²) in [5.41, 5.74) is 2.58. The van der Waals surface area contributed by atoms with E-state index >= 15 is 0 Å². The second-order valence-corrected chi connectivity index (χ2v) is 8.07. The van der Waals surface area contributed by atoms with E-state index in [4.69, 9.17) is 9.72 Å². The molecular weight excluding hydrogens is 388 g/mol. The lowest BCUT2D eigenvalue weighted by atomic mass is 10.2. The number of rotatable bonds is 7. The van der Waals surface area contributed by atoms with Gasteiger partial charge >= 0.3 is 0 Å². The number of imidazole rings is 1. The third-order valence-electron chi connectivity index (χ3n) is 5.07. The van der Waals surface area contributed by atoms with E-state index in [2.05, 4.69) is 15.2 Å². The van der Waals surface area contributed by atoms with Crippen LogP contribution >= 0.6 is 11.3 Å². The van der Waals surface area contributed by atoms with Gasteiger partial charge in [0, 0.05) is 32.3 Å². The summed E-state index contributed by atoms with van der Waals surface area (Å²) in [6.07, 6.45) is 3.04. The van der Waals surface area contributed by atoms with Crippen molar-refractivity contribution in [3.8, 4) is 0 Å². The summed E-state index contributed by atoms with van der Waals surface area (Å²) in [4.78, 5) is 29.6. The number of hydrogen-bond donors (Lipinski definition) is 2. The zero-order valence-corrected chi connectivity index (χ0v) is 17.1. The molecule has 8 heteroatoms. The maximum Gasteiger partial charge on any atom is 0.265 e. The first-order valence-corrected chi connectivity index (χ1v) is 10.7. The Morgan fingerprint density at radius 1 is 1.34 bits per heavy atom. The second-order valence-electron chi connectivity index (χ2n) is 7.12. The number of thiophene rings is 1. The van der Waals surface area contributed by atoms with Gasteiger partial charge in [-0.3, -0.25) is 9.59 Å². The fourth-order valence-corrected chi connectivity index (χ4v) is 4.13. The first kappa shape index (κ1) is 19.6. The number of ether oxygens (including phenoxy) is 1. The topological polar surface area (TPSA) is 85.2 Å². The molecule has 3 heterocycles. The summed E-state index contributed by atoms with van der Waals surface area (Å²) in [5, 5.41) is 7.75. The van der Waals surface area contributed by atoms with Crippen LogP contribution in [0.4, 0.5) is 5.69 Å². The molecule has 2 amide bonds. The van der Waals surface area contributed by atoms with Crippen molar-refractivity contribution in [2.75, 3.05) is 18.5 Å². The normalized spacial score (nSPS) is 16.2. The molecule has 1 atom stereocenters. The Balaban J connectivity index is 1.35. The Hall–Kier alpha value is -2.71. The van der Waals surface area contributed by atoms with E-state index in [1.165, 1.54) is 11.3 Å². The van der Waals surface area contributed by atoms with Crippen LogP contribution < -0.4 is 10.6 Å². The number of aromatic nitrogens is 2. The minimum atomic E-state index is -0.284. The molecule has 0 saturated carbocycles. The van der Waals surface area contributed by atoms with Gasteiger partial charge in [0.2, 0.25) is 5.91 Å². The minimum Gasteiger partial charge on any atom is -0.368 e. The van der Waals surface area contributed by atoms with Gasteiger partial charge in [0.25, 0.3) is 5.91 Å². The number of anilines is 1. The Kier molecular flexibility index (Phi) is 5.92. The van der Waals surface area contributed by atoms with Crippen molar-refractivity contribution >= 4 is 39.9 Å². The monoisotopic (exact) mass is 412 g/mol. The predicted octanol–water partition coefficient (Wildman–Crippen LogP) is 3.11. The molecule has 29 heavy (non-hydrogen) atoms. The summed E-state index contributed by atoms with van der Waals surface area (Å²) in [5.74, 6) is 0.823. The van der Waals surface area contributed by atoms with Gasteiger partial charge in [-0.1, -0.05) is 6.07 Å². The molecule has 152 valence electrons. The van der Waals surface area contributed by atoms with Crippen LogP contribution in [0.15, 0.2) is 35.7 Å². The lowest BCUT2D eigenvalue weighted by Gasteiger charge is -2.10. The highest BCUT2D eigenvalue weighted by atomic mass is 32.1. The summed E-state index contributed by atoms with van der Waals surface area (Å²) < 4.78 is 7.45. The third kappa shape index (κ3) is 4.49. The molecule has 2 aromatic heterocycles. The van der Waals surface area contributed by atoms with E-state index in [1.54, 1.807) is 6.07 Å². The lowest BCUT2D eigenvalue weighted by Crippen LogP contribution is -2.34. The Bertz CT molecular complexity index is 1010. The predicted molar refractivity (Wildman–Crippen MR) is 113 cm³/mol. The number of nitrogens with one attached hydrogen (secondary N) is 2. The molecule has 1 aliphatic heterocycles. The van der Waals surface area contributed by atoms with Gasteiger partial charge < -0.3 is 19.9 Å². The van der Waals surface area contributed by atoms with Gasteiger partial charge in [-0.05, 0) is 48.9 Å².